The molecular formula is C19H18ClF2NOS. The minimum Gasteiger partial charge on any atom is -0.342 e. The van der Waals surface area contributed by atoms with Crippen molar-refractivity contribution in [3.8, 4) is 0 Å². The van der Waals surface area contributed by atoms with E-state index in [0.717, 1.165) is 28.8 Å². The average Bonchev–Trinajstić information content (AvgIpc) is 2.84. The maximum atomic E-state index is 13.8. The largest absolute Gasteiger partial charge is 0.342 e. The summed E-state index contributed by atoms with van der Waals surface area (Å²) in [4.78, 5) is 14.3. The molecule has 3 rings (SSSR count). The molecule has 1 fully saturated rings. The Kier molecular flexibility index (Phi) is 5.97. The molecular weight excluding hydrogens is 364 g/mol. The van der Waals surface area contributed by atoms with Crippen LogP contribution in [0.3, 0.4) is 0 Å². The lowest BCUT2D eigenvalue weighted by Gasteiger charge is -2.20. The maximum Gasteiger partial charge on any atom is 0.227 e. The maximum absolute atomic E-state index is 13.8. The van der Waals surface area contributed by atoms with Crippen molar-refractivity contribution >= 4 is 29.3 Å². The highest BCUT2D eigenvalue weighted by Gasteiger charge is 2.23. The minimum atomic E-state index is -0.675. The molecule has 0 saturated carbocycles. The Bertz CT molecular complexity index is 771. The fourth-order valence-electron chi connectivity index (χ4n) is 2.94. The van der Waals surface area contributed by atoms with Crippen LogP contribution in [0, 0.1) is 11.6 Å². The van der Waals surface area contributed by atoms with Gasteiger partial charge in [-0.3, -0.25) is 4.79 Å². The molecule has 1 unspecified atom stereocenters. The second-order valence-corrected chi connectivity index (χ2v) is 7.68. The van der Waals surface area contributed by atoms with Gasteiger partial charge in [-0.05, 0) is 29.7 Å². The van der Waals surface area contributed by atoms with E-state index in [2.05, 4.69) is 0 Å². The van der Waals surface area contributed by atoms with Crippen molar-refractivity contribution in [3.63, 3.8) is 0 Å². The molecule has 1 saturated heterocycles. The Morgan fingerprint density at radius 3 is 2.76 bits per heavy atom. The first kappa shape index (κ1) is 18.2. The number of halogens is 3. The van der Waals surface area contributed by atoms with Crippen molar-refractivity contribution in [3.05, 3.63) is 70.2 Å². The van der Waals surface area contributed by atoms with Crippen molar-refractivity contribution in [1.29, 1.82) is 0 Å². The third kappa shape index (κ3) is 4.53. The molecule has 132 valence electrons. The summed E-state index contributed by atoms with van der Waals surface area (Å²) in [5.41, 5.74) is 1.32. The van der Waals surface area contributed by atoms with Crippen LogP contribution >= 0.6 is 23.4 Å². The fourth-order valence-corrected chi connectivity index (χ4v) is 4.54. The topological polar surface area (TPSA) is 20.3 Å². The van der Waals surface area contributed by atoms with Crippen LogP contribution in [-0.4, -0.2) is 29.6 Å². The zero-order chi connectivity index (χ0) is 17.8. The van der Waals surface area contributed by atoms with Gasteiger partial charge in [0.2, 0.25) is 5.91 Å². The monoisotopic (exact) mass is 381 g/mol. The van der Waals surface area contributed by atoms with Gasteiger partial charge in [0.15, 0.2) is 0 Å². The van der Waals surface area contributed by atoms with Crippen LogP contribution in [0.4, 0.5) is 8.78 Å². The highest BCUT2D eigenvalue weighted by Crippen LogP contribution is 2.37. The summed E-state index contributed by atoms with van der Waals surface area (Å²) < 4.78 is 26.7. The van der Waals surface area contributed by atoms with Gasteiger partial charge in [0, 0.05) is 35.2 Å². The van der Waals surface area contributed by atoms with Gasteiger partial charge in [0.05, 0.1) is 6.42 Å². The molecule has 1 heterocycles. The first-order valence-corrected chi connectivity index (χ1v) is 9.55. The predicted octanol–water partition coefficient (Wildman–Crippen LogP) is 4.87. The summed E-state index contributed by atoms with van der Waals surface area (Å²) in [6, 6.07) is 11.1. The van der Waals surface area contributed by atoms with E-state index in [1.54, 1.807) is 16.7 Å². The molecule has 0 aromatic heterocycles. The fraction of sp³-hybridized carbons (Fsp3) is 0.316. The Morgan fingerprint density at radius 2 is 2.00 bits per heavy atom. The van der Waals surface area contributed by atoms with Crippen LogP contribution < -0.4 is 0 Å². The van der Waals surface area contributed by atoms with Gasteiger partial charge in [-0.1, -0.05) is 35.9 Å². The third-order valence-electron chi connectivity index (χ3n) is 4.30. The average molecular weight is 382 g/mol. The van der Waals surface area contributed by atoms with Crippen LogP contribution in [0.15, 0.2) is 42.5 Å². The van der Waals surface area contributed by atoms with Crippen LogP contribution in [0.5, 0.6) is 0 Å². The quantitative estimate of drug-likeness (QED) is 0.756. The van der Waals surface area contributed by atoms with Gasteiger partial charge in [-0.25, -0.2) is 8.78 Å². The van der Waals surface area contributed by atoms with Crippen molar-refractivity contribution in [2.75, 3.05) is 18.8 Å². The predicted molar refractivity (Wildman–Crippen MR) is 97.9 cm³/mol. The van der Waals surface area contributed by atoms with Gasteiger partial charge in [-0.15, -0.1) is 0 Å². The summed E-state index contributed by atoms with van der Waals surface area (Å²) in [5, 5.41) is 0.988. The SMILES string of the molecule is O=C(Cc1ccc(F)cc1F)N1CCSC(c2ccccc2Cl)CC1. The van der Waals surface area contributed by atoms with E-state index in [4.69, 9.17) is 11.6 Å². The third-order valence-corrected chi connectivity index (χ3v) is 5.96. The number of amides is 1. The number of carbonyl (C=O) groups excluding carboxylic acids is 1. The second-order valence-electron chi connectivity index (χ2n) is 5.96. The van der Waals surface area contributed by atoms with Crippen molar-refractivity contribution in [2.24, 2.45) is 0 Å². The highest BCUT2D eigenvalue weighted by atomic mass is 35.5. The molecule has 0 spiro atoms. The summed E-state index contributed by atoms with van der Waals surface area (Å²) in [5.74, 6) is -0.645. The standard InChI is InChI=1S/C19H18ClF2NOS/c20-16-4-2-1-3-15(16)18-7-8-23(9-10-25-18)19(24)11-13-5-6-14(21)12-17(13)22/h1-6,12,18H,7-11H2. The molecule has 2 aromatic carbocycles. The molecule has 0 aliphatic carbocycles. The smallest absolute Gasteiger partial charge is 0.227 e. The second kappa shape index (κ2) is 8.19. The molecule has 1 aliphatic rings. The Hall–Kier alpha value is -1.59. The van der Waals surface area contributed by atoms with E-state index in [-0.39, 0.29) is 23.1 Å². The number of hydrogen-bond acceptors (Lipinski definition) is 2. The van der Waals surface area contributed by atoms with E-state index in [1.807, 2.05) is 24.3 Å². The Labute approximate surface area is 155 Å². The number of benzene rings is 2. The van der Waals surface area contributed by atoms with E-state index in [1.165, 1.54) is 12.1 Å². The van der Waals surface area contributed by atoms with E-state index < -0.39 is 11.6 Å². The summed E-state index contributed by atoms with van der Waals surface area (Å²) in [7, 11) is 0. The van der Waals surface area contributed by atoms with Crippen LogP contribution in [-0.2, 0) is 11.2 Å². The lowest BCUT2D eigenvalue weighted by atomic mass is 10.1. The first-order chi connectivity index (χ1) is 12.0. The lowest BCUT2D eigenvalue weighted by molar-refractivity contribution is -0.130. The van der Waals surface area contributed by atoms with Gasteiger partial charge in [-0.2, -0.15) is 11.8 Å². The van der Waals surface area contributed by atoms with Crippen molar-refractivity contribution in [1.82, 2.24) is 4.90 Å². The first-order valence-electron chi connectivity index (χ1n) is 8.12. The molecule has 25 heavy (non-hydrogen) atoms. The van der Waals surface area contributed by atoms with Crippen molar-refractivity contribution in [2.45, 2.75) is 18.1 Å². The number of thioether (sulfide) groups is 1. The zero-order valence-electron chi connectivity index (χ0n) is 13.6. The van der Waals surface area contributed by atoms with Crippen LogP contribution in [0.1, 0.15) is 22.8 Å². The van der Waals surface area contributed by atoms with Gasteiger partial charge >= 0.3 is 0 Å². The van der Waals surface area contributed by atoms with E-state index in [9.17, 15) is 13.6 Å². The Balaban J connectivity index is 1.64. The number of carbonyl (C=O) groups is 1. The molecule has 1 aliphatic heterocycles. The molecule has 0 radical (unpaired) electrons. The molecule has 2 nitrogen and oxygen atoms in total. The van der Waals surface area contributed by atoms with E-state index in [0.29, 0.717) is 13.1 Å². The molecule has 1 atom stereocenters. The van der Waals surface area contributed by atoms with E-state index >= 15 is 0 Å². The number of hydrogen-bond donors (Lipinski definition) is 0. The lowest BCUT2D eigenvalue weighted by Crippen LogP contribution is -2.34. The van der Waals surface area contributed by atoms with Crippen LogP contribution in [0.25, 0.3) is 0 Å². The molecule has 2 aromatic rings. The summed E-state index contributed by atoms with van der Waals surface area (Å²) >= 11 is 8.06. The number of rotatable bonds is 3. The number of nitrogens with zero attached hydrogens (tertiary/aromatic N) is 1. The summed E-state index contributed by atoms with van der Waals surface area (Å²) in [6.07, 6.45) is 0.750. The van der Waals surface area contributed by atoms with Gasteiger partial charge in [0.1, 0.15) is 11.6 Å². The summed E-state index contributed by atoms with van der Waals surface area (Å²) in [6.45, 7) is 1.22. The molecule has 0 N–H and O–H groups in total. The molecule has 0 bridgehead atoms. The van der Waals surface area contributed by atoms with Crippen molar-refractivity contribution < 1.29 is 13.6 Å². The highest BCUT2D eigenvalue weighted by molar-refractivity contribution is 7.99. The van der Waals surface area contributed by atoms with Gasteiger partial charge < -0.3 is 4.90 Å². The van der Waals surface area contributed by atoms with Gasteiger partial charge in [0.25, 0.3) is 0 Å². The molecule has 1 amide bonds. The Morgan fingerprint density at radius 1 is 1.20 bits per heavy atom. The van der Waals surface area contributed by atoms with Crippen LogP contribution in [0.2, 0.25) is 5.02 Å². The molecule has 6 heteroatoms. The normalized spacial score (nSPS) is 18.0. The zero-order valence-corrected chi connectivity index (χ0v) is 15.1. The minimum absolute atomic E-state index is 0.0481.